The number of hydrogen-bond donors (Lipinski definition) is 2. The average Bonchev–Trinajstić information content (AvgIpc) is 2.52. The fourth-order valence-corrected chi connectivity index (χ4v) is 2.32. The number of rotatable bonds is 6. The van der Waals surface area contributed by atoms with Gasteiger partial charge in [-0.15, -0.1) is 0 Å². The Balaban J connectivity index is 2.06. The summed E-state index contributed by atoms with van der Waals surface area (Å²) in [4.78, 5) is 27.2. The van der Waals surface area contributed by atoms with Crippen molar-refractivity contribution < 1.29 is 19.4 Å². The third-order valence-corrected chi connectivity index (χ3v) is 3.47. The van der Waals surface area contributed by atoms with Crippen LogP contribution in [0.1, 0.15) is 32.7 Å². The molecule has 0 aliphatic carbocycles. The number of aliphatic carboxylic acids is 1. The van der Waals surface area contributed by atoms with Crippen molar-refractivity contribution >= 4 is 11.9 Å². The molecular formula is C18H20N2O4. The molecule has 0 fully saturated rings. The first-order chi connectivity index (χ1) is 11.4. The van der Waals surface area contributed by atoms with Gasteiger partial charge in [-0.3, -0.25) is 9.78 Å². The van der Waals surface area contributed by atoms with Gasteiger partial charge in [0.2, 0.25) is 0 Å². The number of ether oxygens (including phenoxy) is 1. The molecular weight excluding hydrogens is 308 g/mol. The molecule has 126 valence electrons. The van der Waals surface area contributed by atoms with E-state index in [0.29, 0.717) is 17.9 Å². The van der Waals surface area contributed by atoms with Crippen LogP contribution in [0.2, 0.25) is 0 Å². The summed E-state index contributed by atoms with van der Waals surface area (Å²) < 4.78 is 5.26. The van der Waals surface area contributed by atoms with Gasteiger partial charge in [-0.05, 0) is 55.7 Å². The van der Waals surface area contributed by atoms with Crippen LogP contribution in [-0.4, -0.2) is 28.6 Å². The highest BCUT2D eigenvalue weighted by molar-refractivity contribution is 5.94. The van der Waals surface area contributed by atoms with Gasteiger partial charge in [0.25, 0.3) is 5.91 Å². The molecule has 0 unspecified atom stereocenters. The van der Waals surface area contributed by atoms with Crippen molar-refractivity contribution in [1.29, 1.82) is 0 Å². The van der Waals surface area contributed by atoms with Gasteiger partial charge in [0, 0.05) is 11.8 Å². The summed E-state index contributed by atoms with van der Waals surface area (Å²) in [5, 5.41) is 11.5. The number of amides is 1. The van der Waals surface area contributed by atoms with E-state index in [0.717, 1.165) is 22.4 Å². The summed E-state index contributed by atoms with van der Waals surface area (Å²) in [6, 6.07) is 7.18. The quantitative estimate of drug-likeness (QED) is 0.850. The largest absolute Gasteiger partial charge is 0.481 e. The van der Waals surface area contributed by atoms with Crippen LogP contribution in [-0.2, 0) is 11.3 Å². The van der Waals surface area contributed by atoms with E-state index in [1.54, 1.807) is 32.2 Å². The van der Waals surface area contributed by atoms with Crippen molar-refractivity contribution in [2.24, 2.45) is 0 Å². The molecule has 0 aliphatic rings. The smallest absolute Gasteiger partial charge is 0.341 e. The zero-order valence-corrected chi connectivity index (χ0v) is 13.9. The second-order valence-electron chi connectivity index (χ2n) is 5.63. The molecule has 0 spiro atoms. The van der Waals surface area contributed by atoms with Crippen molar-refractivity contribution in [3.63, 3.8) is 0 Å². The Bertz CT molecular complexity index is 731. The van der Waals surface area contributed by atoms with E-state index in [1.165, 1.54) is 0 Å². The number of carbonyl (C=O) groups excluding carboxylic acids is 1. The summed E-state index contributed by atoms with van der Waals surface area (Å²) in [6.45, 7) is 5.45. The minimum Gasteiger partial charge on any atom is -0.481 e. The van der Waals surface area contributed by atoms with Crippen LogP contribution in [0.4, 0.5) is 0 Å². The van der Waals surface area contributed by atoms with Crippen LogP contribution in [0.5, 0.6) is 5.75 Å². The molecule has 1 amide bonds. The van der Waals surface area contributed by atoms with Gasteiger partial charge in [0.1, 0.15) is 5.75 Å². The van der Waals surface area contributed by atoms with E-state index in [-0.39, 0.29) is 5.91 Å². The Kier molecular flexibility index (Phi) is 5.52. The van der Waals surface area contributed by atoms with Crippen molar-refractivity contribution in [3.05, 3.63) is 58.4 Å². The number of carboxylic acids is 1. The van der Waals surface area contributed by atoms with Gasteiger partial charge in [0.05, 0.1) is 12.2 Å². The van der Waals surface area contributed by atoms with Gasteiger partial charge in [0.15, 0.2) is 6.61 Å². The molecule has 1 heterocycles. The van der Waals surface area contributed by atoms with Crippen LogP contribution in [0.25, 0.3) is 0 Å². The lowest BCUT2D eigenvalue weighted by atomic mass is 10.1. The number of carboxylic acid groups (broad SMARTS) is 1. The zero-order chi connectivity index (χ0) is 17.7. The van der Waals surface area contributed by atoms with Crippen LogP contribution < -0.4 is 10.1 Å². The number of pyridine rings is 1. The Morgan fingerprint density at radius 2 is 1.83 bits per heavy atom. The lowest BCUT2D eigenvalue weighted by Gasteiger charge is -2.13. The molecule has 0 saturated carbocycles. The Hall–Kier alpha value is -2.89. The fraction of sp³-hybridized carbons (Fsp3) is 0.278. The van der Waals surface area contributed by atoms with Crippen molar-refractivity contribution in [2.45, 2.75) is 27.3 Å². The SMILES string of the molecule is Cc1ccc(CNC(=O)c2cc(C)c(OCC(=O)O)c(C)c2)nc1. The summed E-state index contributed by atoms with van der Waals surface area (Å²) in [5.74, 6) is -0.760. The zero-order valence-electron chi connectivity index (χ0n) is 13.9. The predicted octanol–water partition coefficient (Wildman–Crippen LogP) is 2.40. The minimum absolute atomic E-state index is 0.214. The highest BCUT2D eigenvalue weighted by Crippen LogP contribution is 2.24. The molecule has 1 aromatic carbocycles. The number of nitrogens with one attached hydrogen (secondary N) is 1. The first kappa shape index (κ1) is 17.5. The van der Waals surface area contributed by atoms with Crippen molar-refractivity contribution in [1.82, 2.24) is 10.3 Å². The highest BCUT2D eigenvalue weighted by Gasteiger charge is 2.13. The number of nitrogens with zero attached hydrogens (tertiary/aromatic N) is 1. The number of aryl methyl sites for hydroxylation is 3. The Morgan fingerprint density at radius 3 is 2.38 bits per heavy atom. The van der Waals surface area contributed by atoms with Crippen molar-refractivity contribution in [2.75, 3.05) is 6.61 Å². The minimum atomic E-state index is -1.04. The van der Waals surface area contributed by atoms with Gasteiger partial charge < -0.3 is 15.2 Å². The lowest BCUT2D eigenvalue weighted by molar-refractivity contribution is -0.139. The predicted molar refractivity (Wildman–Crippen MR) is 89.2 cm³/mol. The van der Waals surface area contributed by atoms with Crippen LogP contribution in [0.15, 0.2) is 30.5 Å². The maximum absolute atomic E-state index is 12.3. The number of benzene rings is 1. The summed E-state index contributed by atoms with van der Waals surface area (Å²) >= 11 is 0. The van der Waals surface area contributed by atoms with Crippen molar-refractivity contribution in [3.8, 4) is 5.75 Å². The second-order valence-corrected chi connectivity index (χ2v) is 5.63. The van der Waals surface area contributed by atoms with Crippen LogP contribution >= 0.6 is 0 Å². The van der Waals surface area contributed by atoms with E-state index in [4.69, 9.17) is 9.84 Å². The maximum atomic E-state index is 12.3. The van der Waals surface area contributed by atoms with Crippen LogP contribution in [0.3, 0.4) is 0 Å². The standard InChI is InChI=1S/C18H20N2O4/c1-11-4-5-15(19-8-11)9-20-18(23)14-6-12(2)17(13(3)7-14)24-10-16(21)22/h4-8H,9-10H2,1-3H3,(H,20,23)(H,21,22). The summed E-state index contributed by atoms with van der Waals surface area (Å²) in [7, 11) is 0. The molecule has 1 aromatic heterocycles. The number of aromatic nitrogens is 1. The van der Waals surface area contributed by atoms with E-state index in [1.807, 2.05) is 19.1 Å². The van der Waals surface area contributed by atoms with Gasteiger partial charge in [-0.2, -0.15) is 0 Å². The second kappa shape index (κ2) is 7.59. The van der Waals surface area contributed by atoms with Gasteiger partial charge >= 0.3 is 5.97 Å². The van der Waals surface area contributed by atoms with Crippen LogP contribution in [0, 0.1) is 20.8 Å². The molecule has 0 saturated heterocycles. The van der Waals surface area contributed by atoms with E-state index in [9.17, 15) is 9.59 Å². The number of carbonyl (C=O) groups is 2. The summed E-state index contributed by atoms with van der Waals surface area (Å²) in [6.07, 6.45) is 1.75. The number of hydrogen-bond acceptors (Lipinski definition) is 4. The van der Waals surface area contributed by atoms with Gasteiger partial charge in [-0.1, -0.05) is 6.07 Å². The molecule has 0 aliphatic heterocycles. The Morgan fingerprint density at radius 1 is 1.17 bits per heavy atom. The maximum Gasteiger partial charge on any atom is 0.341 e. The monoisotopic (exact) mass is 328 g/mol. The third kappa shape index (κ3) is 4.55. The van der Waals surface area contributed by atoms with Gasteiger partial charge in [-0.25, -0.2) is 4.79 Å². The first-order valence-electron chi connectivity index (χ1n) is 7.52. The molecule has 0 atom stereocenters. The fourth-order valence-electron chi connectivity index (χ4n) is 2.32. The molecule has 0 bridgehead atoms. The molecule has 6 heteroatoms. The Labute approximate surface area is 140 Å². The average molecular weight is 328 g/mol. The first-order valence-corrected chi connectivity index (χ1v) is 7.52. The third-order valence-electron chi connectivity index (χ3n) is 3.47. The molecule has 2 N–H and O–H groups in total. The normalized spacial score (nSPS) is 10.3. The molecule has 2 aromatic rings. The summed E-state index contributed by atoms with van der Waals surface area (Å²) in [5.41, 5.74) is 3.78. The molecule has 0 radical (unpaired) electrons. The van der Waals surface area contributed by atoms with E-state index < -0.39 is 12.6 Å². The molecule has 24 heavy (non-hydrogen) atoms. The molecule has 2 rings (SSSR count). The molecule has 6 nitrogen and oxygen atoms in total. The van der Waals surface area contributed by atoms with E-state index in [2.05, 4.69) is 10.3 Å². The lowest BCUT2D eigenvalue weighted by Crippen LogP contribution is -2.23. The highest BCUT2D eigenvalue weighted by atomic mass is 16.5. The topological polar surface area (TPSA) is 88.5 Å². The van der Waals surface area contributed by atoms with E-state index >= 15 is 0 Å².